The van der Waals surface area contributed by atoms with E-state index >= 15 is 0 Å². The van der Waals surface area contributed by atoms with Gasteiger partial charge in [0.15, 0.2) is 0 Å². The average molecular weight is 341 g/mol. The van der Waals surface area contributed by atoms with E-state index in [4.69, 9.17) is 4.74 Å². The topological polar surface area (TPSA) is 41.6 Å². The van der Waals surface area contributed by atoms with Crippen LogP contribution in [0.25, 0.3) is 0 Å². The second-order valence-electron chi connectivity index (χ2n) is 5.16. The van der Waals surface area contributed by atoms with Gasteiger partial charge in [0.1, 0.15) is 5.75 Å². The van der Waals surface area contributed by atoms with Crippen molar-refractivity contribution in [1.82, 2.24) is 10.2 Å². The number of nitrogens with zero attached hydrogens (tertiary/aromatic N) is 1. The molecule has 1 N–H and O–H groups in total. The van der Waals surface area contributed by atoms with E-state index in [2.05, 4.69) is 21.2 Å². The van der Waals surface area contributed by atoms with Gasteiger partial charge >= 0.3 is 0 Å². The molecule has 110 valence electrons. The summed E-state index contributed by atoms with van der Waals surface area (Å²) < 4.78 is 6.24. The first-order valence-electron chi connectivity index (χ1n) is 6.93. The van der Waals surface area contributed by atoms with E-state index in [1.54, 1.807) is 7.11 Å². The number of amides is 1. The number of nitrogens with one attached hydrogen (secondary N) is 1. The van der Waals surface area contributed by atoms with Gasteiger partial charge in [-0.15, -0.1) is 0 Å². The molecular formula is C15H21BrN2O2. The Morgan fingerprint density at radius 2 is 2.35 bits per heavy atom. The Labute approximate surface area is 128 Å². The Kier molecular flexibility index (Phi) is 5.43. The predicted molar refractivity (Wildman–Crippen MR) is 83.2 cm³/mol. The Balaban J connectivity index is 2.14. The van der Waals surface area contributed by atoms with Crippen molar-refractivity contribution >= 4 is 21.8 Å². The van der Waals surface area contributed by atoms with Gasteiger partial charge < -0.3 is 15.0 Å². The lowest BCUT2D eigenvalue weighted by atomic mass is 9.97. The summed E-state index contributed by atoms with van der Waals surface area (Å²) in [5.74, 6) is 1.23. The van der Waals surface area contributed by atoms with E-state index in [9.17, 15) is 4.79 Å². The van der Waals surface area contributed by atoms with E-state index in [1.807, 2.05) is 30.1 Å². The minimum atomic E-state index is 0.0650. The van der Waals surface area contributed by atoms with Gasteiger partial charge in [-0.25, -0.2) is 0 Å². The molecule has 2 rings (SSSR count). The lowest BCUT2D eigenvalue weighted by Crippen LogP contribution is -2.42. The number of carbonyl (C=O) groups excluding carboxylic acids is 1. The molecule has 1 amide bonds. The molecule has 1 aliphatic rings. The molecule has 1 saturated heterocycles. The molecule has 0 aliphatic carbocycles. The van der Waals surface area contributed by atoms with Gasteiger partial charge in [0.25, 0.3) is 5.91 Å². The zero-order chi connectivity index (χ0) is 14.5. The van der Waals surface area contributed by atoms with Gasteiger partial charge in [0.05, 0.1) is 12.7 Å². The van der Waals surface area contributed by atoms with Crippen molar-refractivity contribution in [3.8, 4) is 5.75 Å². The quantitative estimate of drug-likeness (QED) is 0.915. The van der Waals surface area contributed by atoms with Crippen molar-refractivity contribution < 1.29 is 9.53 Å². The summed E-state index contributed by atoms with van der Waals surface area (Å²) in [6, 6.07) is 5.54. The van der Waals surface area contributed by atoms with E-state index in [1.165, 1.54) is 6.42 Å². The number of benzene rings is 1. The van der Waals surface area contributed by atoms with Crippen LogP contribution in [0.5, 0.6) is 5.75 Å². The number of hydrogen-bond donors (Lipinski definition) is 1. The average Bonchev–Trinajstić information content (AvgIpc) is 2.47. The molecule has 0 radical (unpaired) electrons. The fourth-order valence-electron chi connectivity index (χ4n) is 2.72. The van der Waals surface area contributed by atoms with Gasteiger partial charge in [-0.05, 0) is 50.6 Å². The molecule has 4 nitrogen and oxygen atoms in total. The summed E-state index contributed by atoms with van der Waals surface area (Å²) in [6.07, 6.45) is 2.25. The molecule has 0 bridgehead atoms. The first kappa shape index (κ1) is 15.3. The number of methoxy groups -OCH3 is 1. The van der Waals surface area contributed by atoms with Crippen LogP contribution in [-0.2, 0) is 0 Å². The van der Waals surface area contributed by atoms with Crippen LogP contribution in [0, 0.1) is 5.92 Å². The minimum Gasteiger partial charge on any atom is -0.496 e. The first-order chi connectivity index (χ1) is 9.65. The van der Waals surface area contributed by atoms with Crippen LogP contribution in [0.4, 0.5) is 0 Å². The molecule has 20 heavy (non-hydrogen) atoms. The highest BCUT2D eigenvalue weighted by Gasteiger charge is 2.25. The van der Waals surface area contributed by atoms with Gasteiger partial charge in [0.2, 0.25) is 0 Å². The molecule has 1 fully saturated rings. The van der Waals surface area contributed by atoms with Crippen molar-refractivity contribution in [2.45, 2.75) is 12.8 Å². The minimum absolute atomic E-state index is 0.0650. The molecule has 1 aliphatic heterocycles. The second kappa shape index (κ2) is 7.09. The highest BCUT2D eigenvalue weighted by Crippen LogP contribution is 2.26. The van der Waals surface area contributed by atoms with E-state index < -0.39 is 0 Å². The molecule has 1 aromatic rings. The fraction of sp³-hybridized carbons (Fsp3) is 0.533. The number of rotatable bonds is 4. The van der Waals surface area contributed by atoms with Crippen LogP contribution in [0.2, 0.25) is 0 Å². The third kappa shape index (κ3) is 3.52. The van der Waals surface area contributed by atoms with Gasteiger partial charge in [-0.1, -0.05) is 15.9 Å². The van der Waals surface area contributed by atoms with Crippen LogP contribution in [-0.4, -0.2) is 44.6 Å². The number of carbonyl (C=O) groups is 1. The molecule has 1 heterocycles. The van der Waals surface area contributed by atoms with Gasteiger partial charge in [0, 0.05) is 17.6 Å². The molecule has 1 aromatic carbocycles. The summed E-state index contributed by atoms with van der Waals surface area (Å²) in [4.78, 5) is 14.6. The molecule has 0 saturated carbocycles. The summed E-state index contributed by atoms with van der Waals surface area (Å²) in [5, 5.41) is 3.20. The van der Waals surface area contributed by atoms with Gasteiger partial charge in [-0.2, -0.15) is 0 Å². The SMILES string of the molecule is CNCC1CCCN(C(=O)c2ccc(Br)cc2OC)C1. The summed E-state index contributed by atoms with van der Waals surface area (Å²) >= 11 is 3.40. The van der Waals surface area contributed by atoms with E-state index in [0.29, 0.717) is 17.2 Å². The van der Waals surface area contributed by atoms with Crippen LogP contribution >= 0.6 is 15.9 Å². The third-order valence-corrected chi connectivity index (χ3v) is 4.19. The standard InChI is InChI=1S/C15H21BrN2O2/c1-17-9-11-4-3-7-18(10-11)15(19)13-6-5-12(16)8-14(13)20-2/h5-6,8,11,17H,3-4,7,9-10H2,1-2H3. The number of ether oxygens (including phenoxy) is 1. The van der Waals surface area contributed by atoms with E-state index in [0.717, 1.165) is 30.5 Å². The molecular weight excluding hydrogens is 320 g/mol. The lowest BCUT2D eigenvalue weighted by molar-refractivity contribution is 0.0671. The summed E-state index contributed by atoms with van der Waals surface area (Å²) in [7, 11) is 3.55. The molecule has 0 aromatic heterocycles. The number of likely N-dealkylation sites (tertiary alicyclic amines) is 1. The molecule has 5 heteroatoms. The number of piperidine rings is 1. The smallest absolute Gasteiger partial charge is 0.257 e. The van der Waals surface area contributed by atoms with E-state index in [-0.39, 0.29) is 5.91 Å². The van der Waals surface area contributed by atoms with Crippen LogP contribution < -0.4 is 10.1 Å². The third-order valence-electron chi connectivity index (χ3n) is 3.69. The zero-order valence-corrected chi connectivity index (χ0v) is 13.6. The highest BCUT2D eigenvalue weighted by molar-refractivity contribution is 9.10. The van der Waals surface area contributed by atoms with Gasteiger partial charge in [-0.3, -0.25) is 4.79 Å². The predicted octanol–water partition coefficient (Wildman–Crippen LogP) is 2.53. The maximum atomic E-state index is 12.7. The van der Waals surface area contributed by atoms with Crippen molar-refractivity contribution in [2.24, 2.45) is 5.92 Å². The van der Waals surface area contributed by atoms with Crippen LogP contribution in [0.15, 0.2) is 22.7 Å². The lowest BCUT2D eigenvalue weighted by Gasteiger charge is -2.33. The van der Waals surface area contributed by atoms with Crippen LogP contribution in [0.1, 0.15) is 23.2 Å². The summed E-state index contributed by atoms with van der Waals surface area (Å²) in [6.45, 7) is 2.61. The number of hydrogen-bond acceptors (Lipinski definition) is 3. The summed E-state index contributed by atoms with van der Waals surface area (Å²) in [5.41, 5.74) is 0.640. The first-order valence-corrected chi connectivity index (χ1v) is 7.72. The Morgan fingerprint density at radius 3 is 3.05 bits per heavy atom. The maximum Gasteiger partial charge on any atom is 0.257 e. The Hall–Kier alpha value is -1.07. The maximum absolute atomic E-state index is 12.7. The largest absolute Gasteiger partial charge is 0.496 e. The monoisotopic (exact) mass is 340 g/mol. The van der Waals surface area contributed by atoms with Crippen LogP contribution in [0.3, 0.4) is 0 Å². The highest BCUT2D eigenvalue weighted by atomic mass is 79.9. The zero-order valence-electron chi connectivity index (χ0n) is 12.0. The van der Waals surface area contributed by atoms with Crippen molar-refractivity contribution in [3.05, 3.63) is 28.2 Å². The van der Waals surface area contributed by atoms with Crippen molar-refractivity contribution in [2.75, 3.05) is 33.8 Å². The fourth-order valence-corrected chi connectivity index (χ4v) is 3.06. The van der Waals surface area contributed by atoms with Crippen molar-refractivity contribution in [1.29, 1.82) is 0 Å². The number of halogens is 1. The molecule has 1 atom stereocenters. The van der Waals surface area contributed by atoms with Crippen molar-refractivity contribution in [3.63, 3.8) is 0 Å². The second-order valence-corrected chi connectivity index (χ2v) is 6.08. The molecule has 1 unspecified atom stereocenters. The normalized spacial score (nSPS) is 18.9. The Bertz CT molecular complexity index is 477. The molecule has 0 spiro atoms. The Morgan fingerprint density at radius 1 is 1.55 bits per heavy atom.